The number of carboxylic acid groups (broad SMARTS) is 1. The molecule has 0 heterocycles. The lowest BCUT2D eigenvalue weighted by Gasteiger charge is -2.41. The molecule has 0 unspecified atom stereocenters. The summed E-state index contributed by atoms with van der Waals surface area (Å²) in [5.41, 5.74) is -0.460. The Bertz CT molecular complexity index is 657. The molecule has 3 nitrogen and oxygen atoms in total. The third-order valence-corrected chi connectivity index (χ3v) is 4.24. The molecule has 4 heteroatoms. The Balaban J connectivity index is 2.71. The number of carbonyl (C=O) groups is 1. The lowest BCUT2D eigenvalue weighted by atomic mass is 9.74. The van der Waals surface area contributed by atoms with Gasteiger partial charge in [0.1, 0.15) is 5.82 Å². The average Bonchev–Trinajstić information content (AvgIpc) is 2.50. The molecule has 2 rings (SSSR count). The summed E-state index contributed by atoms with van der Waals surface area (Å²) < 4.78 is 14.4. The summed E-state index contributed by atoms with van der Waals surface area (Å²) in [7, 11) is 3.33. The van der Waals surface area contributed by atoms with Crippen molar-refractivity contribution in [3.05, 3.63) is 71.5 Å². The van der Waals surface area contributed by atoms with Gasteiger partial charge in [0.05, 0.1) is 0 Å². The highest BCUT2D eigenvalue weighted by molar-refractivity contribution is 5.82. The quantitative estimate of drug-likeness (QED) is 0.919. The van der Waals surface area contributed by atoms with E-state index in [1.807, 2.05) is 37.3 Å². The molecule has 0 aliphatic carbocycles. The van der Waals surface area contributed by atoms with Crippen LogP contribution in [-0.2, 0) is 10.3 Å². The van der Waals surface area contributed by atoms with E-state index in [4.69, 9.17) is 0 Å². The lowest BCUT2D eigenvalue weighted by Crippen LogP contribution is -2.52. The van der Waals surface area contributed by atoms with E-state index in [9.17, 15) is 14.3 Å². The fraction of sp³-hybridized carbons (Fsp3) is 0.278. The molecule has 2 aromatic rings. The Labute approximate surface area is 130 Å². The molecular weight excluding hydrogens is 281 g/mol. The number of hydrogen-bond acceptors (Lipinski definition) is 2. The van der Waals surface area contributed by atoms with Crippen molar-refractivity contribution >= 4 is 5.97 Å². The van der Waals surface area contributed by atoms with Gasteiger partial charge < -0.3 is 5.11 Å². The molecule has 0 aliphatic rings. The first kappa shape index (κ1) is 16.2. The zero-order valence-corrected chi connectivity index (χ0v) is 13.0. The minimum absolute atomic E-state index is 0.170. The standard InChI is InChI=1S/C18H20FNO2/c1-13(14-9-5-4-6-10-14)18(17(21)22,20(2)3)15-11-7-8-12-16(15)19/h4-13H,1-3H3,(H,21,22)/t13-,18-/m0/s1. The molecule has 0 saturated heterocycles. The van der Waals surface area contributed by atoms with E-state index in [2.05, 4.69) is 0 Å². The van der Waals surface area contributed by atoms with Crippen LogP contribution in [-0.4, -0.2) is 30.1 Å². The van der Waals surface area contributed by atoms with Gasteiger partial charge in [-0.25, -0.2) is 9.18 Å². The van der Waals surface area contributed by atoms with Crippen LogP contribution in [0.15, 0.2) is 54.6 Å². The zero-order valence-electron chi connectivity index (χ0n) is 13.0. The van der Waals surface area contributed by atoms with E-state index in [0.717, 1.165) is 5.56 Å². The third kappa shape index (κ3) is 2.50. The number of aliphatic carboxylic acids is 1. The van der Waals surface area contributed by atoms with Crippen molar-refractivity contribution in [2.24, 2.45) is 0 Å². The second-order valence-electron chi connectivity index (χ2n) is 5.58. The Hall–Kier alpha value is -2.20. The first-order chi connectivity index (χ1) is 10.4. The highest BCUT2D eigenvalue weighted by atomic mass is 19.1. The Morgan fingerprint density at radius 2 is 1.64 bits per heavy atom. The van der Waals surface area contributed by atoms with Crippen LogP contribution in [0.3, 0.4) is 0 Å². The molecule has 0 aromatic heterocycles. The first-order valence-electron chi connectivity index (χ1n) is 7.13. The third-order valence-electron chi connectivity index (χ3n) is 4.24. The summed E-state index contributed by atoms with van der Waals surface area (Å²) in [5.74, 6) is -2.02. The van der Waals surface area contributed by atoms with Crippen LogP contribution in [0, 0.1) is 5.82 Å². The van der Waals surface area contributed by atoms with Crippen molar-refractivity contribution in [1.82, 2.24) is 4.90 Å². The minimum Gasteiger partial charge on any atom is -0.480 e. The van der Waals surface area contributed by atoms with Crippen LogP contribution in [0.2, 0.25) is 0 Å². The second kappa shape index (κ2) is 6.28. The number of rotatable bonds is 5. The van der Waals surface area contributed by atoms with Gasteiger partial charge in [-0.2, -0.15) is 0 Å². The average molecular weight is 301 g/mol. The minimum atomic E-state index is -1.48. The number of carboxylic acids is 1. The van der Waals surface area contributed by atoms with Crippen LogP contribution < -0.4 is 0 Å². The van der Waals surface area contributed by atoms with Gasteiger partial charge in [0.15, 0.2) is 5.54 Å². The zero-order chi connectivity index (χ0) is 16.3. The number of nitrogens with zero attached hydrogens (tertiary/aromatic N) is 1. The largest absolute Gasteiger partial charge is 0.480 e. The molecule has 116 valence electrons. The molecule has 2 aromatic carbocycles. The van der Waals surface area contributed by atoms with Crippen molar-refractivity contribution in [2.75, 3.05) is 14.1 Å². The summed E-state index contributed by atoms with van der Waals surface area (Å²) >= 11 is 0. The maximum absolute atomic E-state index is 14.4. The molecule has 0 fully saturated rings. The Morgan fingerprint density at radius 1 is 1.09 bits per heavy atom. The van der Waals surface area contributed by atoms with Crippen LogP contribution in [0.4, 0.5) is 4.39 Å². The molecule has 0 amide bonds. The molecular formula is C18H20FNO2. The molecule has 2 atom stereocenters. The number of halogens is 1. The van der Waals surface area contributed by atoms with Gasteiger partial charge in [-0.3, -0.25) is 4.90 Å². The second-order valence-corrected chi connectivity index (χ2v) is 5.58. The van der Waals surface area contributed by atoms with Gasteiger partial charge >= 0.3 is 5.97 Å². The fourth-order valence-corrected chi connectivity index (χ4v) is 3.11. The number of likely N-dealkylation sites (N-methyl/N-ethyl adjacent to an activating group) is 1. The van der Waals surface area contributed by atoms with Crippen LogP contribution in [0.1, 0.15) is 24.0 Å². The highest BCUT2D eigenvalue weighted by Gasteiger charge is 2.49. The van der Waals surface area contributed by atoms with Crippen LogP contribution in [0.25, 0.3) is 0 Å². The van der Waals surface area contributed by atoms with Gasteiger partial charge in [-0.1, -0.05) is 55.5 Å². The van der Waals surface area contributed by atoms with Crippen molar-refractivity contribution in [3.8, 4) is 0 Å². The van der Waals surface area contributed by atoms with E-state index in [1.54, 1.807) is 37.2 Å². The number of benzene rings is 2. The van der Waals surface area contributed by atoms with Crippen LogP contribution >= 0.6 is 0 Å². The maximum Gasteiger partial charge on any atom is 0.329 e. The van der Waals surface area contributed by atoms with Gasteiger partial charge in [0, 0.05) is 11.5 Å². The van der Waals surface area contributed by atoms with Gasteiger partial charge in [-0.05, 0) is 25.7 Å². The molecule has 1 N–H and O–H groups in total. The SMILES string of the molecule is C[C@@H](c1ccccc1)[C@@](C(=O)O)(c1ccccc1F)N(C)C. The summed E-state index contributed by atoms with van der Waals surface area (Å²) in [4.78, 5) is 13.8. The summed E-state index contributed by atoms with van der Waals surface area (Å²) in [6.07, 6.45) is 0. The normalized spacial score (nSPS) is 15.3. The van der Waals surface area contributed by atoms with Gasteiger partial charge in [0.2, 0.25) is 0 Å². The summed E-state index contributed by atoms with van der Waals surface area (Å²) in [5, 5.41) is 10.00. The van der Waals surface area contributed by atoms with Crippen molar-refractivity contribution in [2.45, 2.75) is 18.4 Å². The monoisotopic (exact) mass is 301 g/mol. The Morgan fingerprint density at radius 3 is 2.14 bits per heavy atom. The van der Waals surface area contributed by atoms with Crippen LogP contribution in [0.5, 0.6) is 0 Å². The molecule has 0 aliphatic heterocycles. The number of hydrogen-bond donors (Lipinski definition) is 1. The van der Waals surface area contributed by atoms with E-state index in [0.29, 0.717) is 0 Å². The maximum atomic E-state index is 14.4. The topological polar surface area (TPSA) is 40.5 Å². The summed E-state index contributed by atoms with van der Waals surface area (Å²) in [6.45, 7) is 1.82. The van der Waals surface area contributed by atoms with Gasteiger partial charge in [0.25, 0.3) is 0 Å². The van der Waals surface area contributed by atoms with E-state index >= 15 is 0 Å². The van der Waals surface area contributed by atoms with E-state index in [-0.39, 0.29) is 5.56 Å². The predicted octanol–water partition coefficient (Wildman–Crippen LogP) is 3.47. The molecule has 22 heavy (non-hydrogen) atoms. The van der Waals surface area contributed by atoms with Crippen molar-refractivity contribution in [1.29, 1.82) is 0 Å². The molecule has 0 radical (unpaired) electrons. The van der Waals surface area contributed by atoms with E-state index in [1.165, 1.54) is 6.07 Å². The molecule has 0 saturated carbocycles. The molecule has 0 spiro atoms. The summed E-state index contributed by atoms with van der Waals surface area (Å²) in [6, 6.07) is 15.4. The highest BCUT2D eigenvalue weighted by Crippen LogP contribution is 2.42. The van der Waals surface area contributed by atoms with E-state index < -0.39 is 23.2 Å². The molecule has 0 bridgehead atoms. The predicted molar refractivity (Wildman–Crippen MR) is 84.3 cm³/mol. The lowest BCUT2D eigenvalue weighted by molar-refractivity contribution is -0.152. The Kier molecular flexibility index (Phi) is 4.62. The first-order valence-corrected chi connectivity index (χ1v) is 7.13. The fourth-order valence-electron chi connectivity index (χ4n) is 3.11. The van der Waals surface area contributed by atoms with Crippen molar-refractivity contribution in [3.63, 3.8) is 0 Å². The smallest absolute Gasteiger partial charge is 0.329 e. The van der Waals surface area contributed by atoms with Gasteiger partial charge in [-0.15, -0.1) is 0 Å². The van der Waals surface area contributed by atoms with Crippen molar-refractivity contribution < 1.29 is 14.3 Å².